The van der Waals surface area contributed by atoms with Crippen LogP contribution in [0, 0.1) is 12.8 Å². The zero-order valence-electron chi connectivity index (χ0n) is 17.0. The van der Waals surface area contributed by atoms with Gasteiger partial charge in [-0.05, 0) is 61.6 Å². The van der Waals surface area contributed by atoms with E-state index in [9.17, 15) is 26.4 Å². The molecule has 1 amide bonds. The fraction of sp³-hybridized carbons (Fsp3) is 0.381. The van der Waals surface area contributed by atoms with Crippen LogP contribution in [-0.2, 0) is 16.2 Å². The molecule has 1 heterocycles. The highest BCUT2D eigenvalue weighted by Gasteiger charge is 2.34. The predicted octanol–water partition coefficient (Wildman–Crippen LogP) is 5.34. The third-order valence-corrected chi connectivity index (χ3v) is 7.50. The molecule has 0 radical (unpaired) electrons. The Labute approximate surface area is 184 Å². The van der Waals surface area contributed by atoms with E-state index in [1.807, 2.05) is 0 Å². The number of carbonyl (C=O) groups excluding carboxylic acids is 1. The van der Waals surface area contributed by atoms with Crippen molar-refractivity contribution in [3.8, 4) is 0 Å². The molecule has 2 aromatic rings. The Bertz CT molecular complexity index is 1100. The fourth-order valence-electron chi connectivity index (χ4n) is 3.43. The minimum atomic E-state index is -4.72. The van der Waals surface area contributed by atoms with Gasteiger partial charge in [-0.25, -0.2) is 8.42 Å². The standard InChI is InChI=1S/C21H22ClF3N2O3S/c1-13-7-9-27(10-8-13)31(29,30)16-5-3-14(2)17(12-16)20(28)26-19-6-4-15(22)11-18(19)21(23,24)25/h3-6,11-13H,7-10H2,1-2H3,(H,26,28). The molecule has 0 aliphatic carbocycles. The predicted molar refractivity (Wildman–Crippen MR) is 113 cm³/mol. The van der Waals surface area contributed by atoms with Crippen LogP contribution in [0.4, 0.5) is 18.9 Å². The summed E-state index contributed by atoms with van der Waals surface area (Å²) < 4.78 is 67.3. The molecular weight excluding hydrogens is 453 g/mol. The van der Waals surface area contributed by atoms with Crippen LogP contribution < -0.4 is 5.32 Å². The highest BCUT2D eigenvalue weighted by molar-refractivity contribution is 7.89. The van der Waals surface area contributed by atoms with Crippen molar-refractivity contribution in [2.45, 2.75) is 37.8 Å². The number of amides is 1. The van der Waals surface area contributed by atoms with Gasteiger partial charge in [-0.1, -0.05) is 24.6 Å². The average molecular weight is 475 g/mol. The number of halogens is 4. The number of hydrogen-bond donors (Lipinski definition) is 1. The molecule has 1 saturated heterocycles. The highest BCUT2D eigenvalue weighted by atomic mass is 35.5. The summed E-state index contributed by atoms with van der Waals surface area (Å²) in [5, 5.41) is 2.12. The summed E-state index contributed by atoms with van der Waals surface area (Å²) in [4.78, 5) is 12.7. The topological polar surface area (TPSA) is 66.5 Å². The lowest BCUT2D eigenvalue weighted by molar-refractivity contribution is -0.136. The molecule has 10 heteroatoms. The molecule has 0 bridgehead atoms. The molecule has 0 saturated carbocycles. The summed E-state index contributed by atoms with van der Waals surface area (Å²) in [5.74, 6) is -0.400. The van der Waals surface area contributed by atoms with Gasteiger partial charge in [0.25, 0.3) is 5.91 Å². The van der Waals surface area contributed by atoms with Crippen LogP contribution in [-0.4, -0.2) is 31.7 Å². The number of alkyl halides is 3. The number of piperidine rings is 1. The third kappa shape index (κ3) is 5.22. The minimum Gasteiger partial charge on any atom is -0.321 e. The van der Waals surface area contributed by atoms with Crippen molar-refractivity contribution < 1.29 is 26.4 Å². The first kappa shape index (κ1) is 23.6. The quantitative estimate of drug-likeness (QED) is 0.650. The van der Waals surface area contributed by atoms with Crippen molar-refractivity contribution in [3.05, 3.63) is 58.1 Å². The Hall–Kier alpha value is -2.10. The number of benzene rings is 2. The number of nitrogens with one attached hydrogen (secondary N) is 1. The van der Waals surface area contributed by atoms with E-state index in [-0.39, 0.29) is 15.5 Å². The van der Waals surface area contributed by atoms with E-state index < -0.39 is 33.4 Å². The normalized spacial score (nSPS) is 16.3. The SMILES string of the molecule is Cc1ccc(S(=O)(=O)N2CCC(C)CC2)cc1C(=O)Nc1ccc(Cl)cc1C(F)(F)F. The lowest BCUT2D eigenvalue weighted by Gasteiger charge is -2.29. The second kappa shape index (κ2) is 8.80. The van der Waals surface area contributed by atoms with Crippen LogP contribution in [0.3, 0.4) is 0 Å². The van der Waals surface area contributed by atoms with E-state index in [4.69, 9.17) is 11.6 Å². The van der Waals surface area contributed by atoms with Crippen LogP contribution in [0.15, 0.2) is 41.3 Å². The van der Waals surface area contributed by atoms with Crippen LogP contribution in [0.2, 0.25) is 5.02 Å². The molecule has 5 nitrogen and oxygen atoms in total. The largest absolute Gasteiger partial charge is 0.418 e. The Balaban J connectivity index is 1.92. The van der Waals surface area contributed by atoms with Gasteiger partial charge in [-0.3, -0.25) is 4.79 Å². The molecule has 1 N–H and O–H groups in total. The number of sulfonamides is 1. The lowest BCUT2D eigenvalue weighted by atomic mass is 10.0. The maximum absolute atomic E-state index is 13.3. The molecule has 168 valence electrons. The highest BCUT2D eigenvalue weighted by Crippen LogP contribution is 2.37. The summed E-state index contributed by atoms with van der Waals surface area (Å²) in [6, 6.07) is 7.11. The number of hydrogen-bond acceptors (Lipinski definition) is 3. The average Bonchev–Trinajstić information content (AvgIpc) is 2.69. The van der Waals surface area contributed by atoms with Gasteiger partial charge in [-0.15, -0.1) is 0 Å². The van der Waals surface area contributed by atoms with E-state index in [2.05, 4.69) is 12.2 Å². The van der Waals surface area contributed by atoms with Crippen molar-refractivity contribution in [2.24, 2.45) is 5.92 Å². The van der Waals surface area contributed by atoms with Crippen molar-refractivity contribution >= 4 is 33.2 Å². The lowest BCUT2D eigenvalue weighted by Crippen LogP contribution is -2.38. The summed E-state index contributed by atoms with van der Waals surface area (Å²) >= 11 is 5.67. The van der Waals surface area contributed by atoms with Gasteiger partial charge in [0.1, 0.15) is 0 Å². The number of carbonyl (C=O) groups is 1. The Morgan fingerprint density at radius 3 is 2.39 bits per heavy atom. The first-order valence-electron chi connectivity index (χ1n) is 9.68. The van der Waals surface area contributed by atoms with Gasteiger partial charge in [-0.2, -0.15) is 17.5 Å². The Morgan fingerprint density at radius 1 is 1.13 bits per heavy atom. The summed E-state index contributed by atoms with van der Waals surface area (Å²) in [6.07, 6.45) is -3.23. The molecule has 0 aromatic heterocycles. The van der Waals surface area contributed by atoms with Gasteiger partial charge < -0.3 is 5.32 Å². The zero-order valence-corrected chi connectivity index (χ0v) is 18.5. The number of aryl methyl sites for hydroxylation is 1. The number of anilines is 1. The molecular formula is C21H22ClF3N2O3S. The van der Waals surface area contributed by atoms with Gasteiger partial charge in [0.2, 0.25) is 10.0 Å². The molecule has 1 aliphatic heterocycles. The number of nitrogens with zero attached hydrogens (tertiary/aromatic N) is 1. The van der Waals surface area contributed by atoms with Crippen molar-refractivity contribution in [2.75, 3.05) is 18.4 Å². The molecule has 3 rings (SSSR count). The molecule has 0 atom stereocenters. The summed E-state index contributed by atoms with van der Waals surface area (Å²) in [6.45, 7) is 4.42. The van der Waals surface area contributed by atoms with Crippen LogP contribution in [0.5, 0.6) is 0 Å². The molecule has 1 aliphatic rings. The van der Waals surface area contributed by atoms with Crippen molar-refractivity contribution in [3.63, 3.8) is 0 Å². The first-order chi connectivity index (χ1) is 14.4. The second-order valence-corrected chi connectivity index (χ2v) is 10.1. The van der Waals surface area contributed by atoms with Gasteiger partial charge >= 0.3 is 6.18 Å². The molecule has 0 spiro atoms. The minimum absolute atomic E-state index is 0.0190. The Morgan fingerprint density at radius 2 is 1.77 bits per heavy atom. The monoisotopic (exact) mass is 474 g/mol. The van der Waals surface area contributed by atoms with Crippen molar-refractivity contribution in [1.82, 2.24) is 4.31 Å². The molecule has 1 fully saturated rings. The van der Waals surface area contributed by atoms with E-state index >= 15 is 0 Å². The van der Waals surface area contributed by atoms with E-state index in [1.165, 1.54) is 28.6 Å². The maximum atomic E-state index is 13.3. The third-order valence-electron chi connectivity index (χ3n) is 5.37. The zero-order chi connectivity index (χ0) is 23.0. The van der Waals surface area contributed by atoms with Crippen LogP contribution >= 0.6 is 11.6 Å². The smallest absolute Gasteiger partial charge is 0.321 e. The van der Waals surface area contributed by atoms with Gasteiger partial charge in [0.05, 0.1) is 16.1 Å². The fourth-order valence-corrected chi connectivity index (χ4v) is 5.10. The van der Waals surface area contributed by atoms with Gasteiger partial charge in [0.15, 0.2) is 0 Å². The molecule has 0 unspecified atom stereocenters. The van der Waals surface area contributed by atoms with E-state index in [1.54, 1.807) is 6.92 Å². The van der Waals surface area contributed by atoms with Gasteiger partial charge in [0, 0.05) is 23.7 Å². The molecule has 2 aromatic carbocycles. The van der Waals surface area contributed by atoms with Crippen molar-refractivity contribution in [1.29, 1.82) is 0 Å². The molecule has 31 heavy (non-hydrogen) atoms. The second-order valence-electron chi connectivity index (χ2n) is 7.71. The summed E-state index contributed by atoms with van der Waals surface area (Å²) in [5.41, 5.74) is -1.13. The number of rotatable bonds is 4. The maximum Gasteiger partial charge on any atom is 0.418 e. The van der Waals surface area contributed by atoms with E-state index in [0.29, 0.717) is 24.6 Å². The van der Waals surface area contributed by atoms with Crippen LogP contribution in [0.25, 0.3) is 0 Å². The summed E-state index contributed by atoms with van der Waals surface area (Å²) in [7, 11) is -3.81. The Kier molecular flexibility index (Phi) is 6.69. The first-order valence-corrected chi connectivity index (χ1v) is 11.5. The van der Waals surface area contributed by atoms with E-state index in [0.717, 1.165) is 25.0 Å². The van der Waals surface area contributed by atoms with Crippen LogP contribution in [0.1, 0.15) is 41.3 Å².